The van der Waals surface area contributed by atoms with Crippen molar-refractivity contribution in [1.82, 2.24) is 19.9 Å². The van der Waals surface area contributed by atoms with E-state index >= 15 is 0 Å². The van der Waals surface area contributed by atoms with Gasteiger partial charge in [-0.25, -0.2) is 4.98 Å². The summed E-state index contributed by atoms with van der Waals surface area (Å²) >= 11 is 0. The largest absolute Gasteiger partial charge is 0.398 e. The van der Waals surface area contributed by atoms with Crippen LogP contribution in [0.3, 0.4) is 0 Å². The Labute approximate surface area is 188 Å². The topological polar surface area (TPSA) is 74.1 Å². The molecule has 1 saturated carbocycles. The number of para-hydroxylation sites is 1. The van der Waals surface area contributed by atoms with Crippen LogP contribution in [0, 0.1) is 0 Å². The smallest absolute Gasteiger partial charge is 0.142 e. The molecule has 2 aromatic heterocycles. The predicted molar refractivity (Wildman–Crippen MR) is 132 cm³/mol. The summed E-state index contributed by atoms with van der Waals surface area (Å²) < 4.78 is 0. The molecule has 0 bridgehead atoms. The zero-order valence-corrected chi connectivity index (χ0v) is 18.4. The summed E-state index contributed by atoms with van der Waals surface area (Å²) in [5.74, 6) is 0.773. The number of hydrogen-bond acceptors (Lipinski definition) is 5. The number of pyridine rings is 1. The Morgan fingerprint density at radius 3 is 2.56 bits per heavy atom. The minimum Gasteiger partial charge on any atom is -0.398 e. The molecular weight excluding hydrogens is 396 g/mol. The molecule has 2 aromatic carbocycles. The van der Waals surface area contributed by atoms with Crippen LogP contribution >= 0.6 is 0 Å². The van der Waals surface area contributed by atoms with E-state index in [4.69, 9.17) is 10.7 Å². The molecule has 1 aliphatic carbocycles. The third kappa shape index (κ3) is 3.48. The second kappa shape index (κ2) is 8.10. The highest BCUT2D eigenvalue weighted by Crippen LogP contribution is 2.32. The monoisotopic (exact) mass is 426 g/mol. The SMILES string of the molecule is Nc1c(-c2nc3ccc(N4CCN(C5CCCCC5)CC4)cc3[nH]2)cnc2ccccc12. The maximum atomic E-state index is 6.48. The van der Waals surface area contributed by atoms with E-state index in [9.17, 15) is 0 Å². The molecule has 6 rings (SSSR count). The Hall–Kier alpha value is -3.12. The van der Waals surface area contributed by atoms with Crippen molar-refractivity contribution < 1.29 is 0 Å². The van der Waals surface area contributed by atoms with Crippen LogP contribution in [0.5, 0.6) is 0 Å². The molecule has 2 fully saturated rings. The van der Waals surface area contributed by atoms with Crippen molar-refractivity contribution in [3.05, 3.63) is 48.7 Å². The Morgan fingerprint density at radius 1 is 0.906 bits per heavy atom. The van der Waals surface area contributed by atoms with Gasteiger partial charge in [-0.15, -0.1) is 0 Å². The summed E-state index contributed by atoms with van der Waals surface area (Å²) in [6.45, 7) is 4.50. The van der Waals surface area contributed by atoms with Gasteiger partial charge in [-0.2, -0.15) is 0 Å². The van der Waals surface area contributed by atoms with Crippen molar-refractivity contribution in [3.63, 3.8) is 0 Å². The average molecular weight is 427 g/mol. The number of rotatable bonds is 3. The molecule has 0 radical (unpaired) electrons. The number of nitrogens with zero attached hydrogens (tertiary/aromatic N) is 4. The molecule has 0 amide bonds. The minimum absolute atomic E-state index is 0.716. The van der Waals surface area contributed by atoms with Crippen LogP contribution in [-0.4, -0.2) is 52.1 Å². The van der Waals surface area contributed by atoms with Crippen LogP contribution in [0.2, 0.25) is 0 Å². The molecule has 6 heteroatoms. The molecule has 1 saturated heterocycles. The Morgan fingerprint density at radius 2 is 1.72 bits per heavy atom. The second-order valence-corrected chi connectivity index (χ2v) is 9.20. The first-order valence-corrected chi connectivity index (χ1v) is 11.9. The van der Waals surface area contributed by atoms with E-state index < -0.39 is 0 Å². The maximum absolute atomic E-state index is 6.48. The first-order valence-electron chi connectivity index (χ1n) is 11.9. The third-order valence-electron chi connectivity index (χ3n) is 7.31. The van der Waals surface area contributed by atoms with Gasteiger partial charge in [0.25, 0.3) is 0 Å². The number of benzene rings is 2. The Kier molecular flexibility index (Phi) is 4.95. The quantitative estimate of drug-likeness (QED) is 0.492. The van der Waals surface area contributed by atoms with Gasteiger partial charge in [0.1, 0.15) is 5.82 Å². The van der Waals surface area contributed by atoms with Crippen LogP contribution in [0.15, 0.2) is 48.7 Å². The highest BCUT2D eigenvalue weighted by atomic mass is 15.3. The highest BCUT2D eigenvalue weighted by molar-refractivity contribution is 5.97. The van der Waals surface area contributed by atoms with E-state index in [0.717, 1.165) is 65.5 Å². The lowest BCUT2D eigenvalue weighted by Crippen LogP contribution is -2.50. The van der Waals surface area contributed by atoms with Crippen LogP contribution in [-0.2, 0) is 0 Å². The van der Waals surface area contributed by atoms with E-state index in [1.54, 1.807) is 0 Å². The van der Waals surface area contributed by atoms with E-state index in [1.165, 1.54) is 37.8 Å². The summed E-state index contributed by atoms with van der Waals surface area (Å²) in [4.78, 5) is 18.1. The summed E-state index contributed by atoms with van der Waals surface area (Å²) in [6.07, 6.45) is 8.82. The van der Waals surface area contributed by atoms with Gasteiger partial charge in [0.2, 0.25) is 0 Å². The van der Waals surface area contributed by atoms with Crippen molar-refractivity contribution in [2.24, 2.45) is 0 Å². The number of aromatic nitrogens is 3. The molecule has 0 spiro atoms. The number of imidazole rings is 1. The van der Waals surface area contributed by atoms with Crippen molar-refractivity contribution in [3.8, 4) is 11.4 Å². The molecule has 0 unspecified atom stereocenters. The fourth-order valence-corrected chi connectivity index (χ4v) is 5.46. The van der Waals surface area contributed by atoms with Gasteiger partial charge in [0, 0.05) is 49.5 Å². The predicted octanol–water partition coefficient (Wildman–Crippen LogP) is 4.82. The fourth-order valence-electron chi connectivity index (χ4n) is 5.46. The van der Waals surface area contributed by atoms with E-state index in [-0.39, 0.29) is 0 Å². The van der Waals surface area contributed by atoms with E-state index in [1.807, 2.05) is 30.5 Å². The highest BCUT2D eigenvalue weighted by Gasteiger charge is 2.25. The summed E-state index contributed by atoms with van der Waals surface area (Å²) in [5.41, 5.74) is 12.2. The van der Waals surface area contributed by atoms with E-state index in [2.05, 4.69) is 38.0 Å². The number of piperazine rings is 1. The summed E-state index contributed by atoms with van der Waals surface area (Å²) in [5, 5.41) is 0.960. The van der Waals surface area contributed by atoms with Crippen molar-refractivity contribution in [2.45, 2.75) is 38.1 Å². The van der Waals surface area contributed by atoms with Gasteiger partial charge in [0.15, 0.2) is 0 Å². The van der Waals surface area contributed by atoms with Crippen LogP contribution in [0.25, 0.3) is 33.3 Å². The zero-order chi connectivity index (χ0) is 21.5. The number of hydrogen-bond donors (Lipinski definition) is 2. The molecule has 3 heterocycles. The lowest BCUT2D eigenvalue weighted by molar-refractivity contribution is 0.148. The number of nitrogen functional groups attached to an aromatic ring is 1. The standard InChI is InChI=1S/C26H30N6/c27-25-20-8-4-5-9-22(20)28-17-21(25)26-29-23-11-10-19(16-24(23)30-26)32-14-12-31(13-15-32)18-6-2-1-3-7-18/h4-5,8-11,16-18H,1-3,6-7,12-15H2,(H2,27,28)(H,29,30). The van der Waals surface area contributed by atoms with Gasteiger partial charge in [-0.05, 0) is 37.1 Å². The summed E-state index contributed by atoms with van der Waals surface area (Å²) in [7, 11) is 0. The van der Waals surface area contributed by atoms with Gasteiger partial charge < -0.3 is 15.6 Å². The molecule has 4 aromatic rings. The van der Waals surface area contributed by atoms with Gasteiger partial charge >= 0.3 is 0 Å². The Bertz CT molecular complexity index is 1250. The first kappa shape index (κ1) is 19.6. The number of H-pyrrole nitrogens is 1. The van der Waals surface area contributed by atoms with Gasteiger partial charge in [-0.3, -0.25) is 9.88 Å². The van der Waals surface area contributed by atoms with Crippen LogP contribution in [0.1, 0.15) is 32.1 Å². The lowest BCUT2D eigenvalue weighted by atomic mass is 9.94. The number of nitrogens with two attached hydrogens (primary N) is 1. The molecule has 1 aliphatic heterocycles. The second-order valence-electron chi connectivity index (χ2n) is 9.20. The van der Waals surface area contributed by atoms with Crippen LogP contribution in [0.4, 0.5) is 11.4 Å². The van der Waals surface area contributed by atoms with Crippen molar-refractivity contribution in [2.75, 3.05) is 36.8 Å². The molecule has 6 nitrogen and oxygen atoms in total. The molecule has 0 atom stereocenters. The molecular formula is C26H30N6. The van der Waals surface area contributed by atoms with Crippen molar-refractivity contribution in [1.29, 1.82) is 0 Å². The fraction of sp³-hybridized carbons (Fsp3) is 0.385. The van der Waals surface area contributed by atoms with Crippen LogP contribution < -0.4 is 10.6 Å². The van der Waals surface area contributed by atoms with E-state index in [0.29, 0.717) is 5.69 Å². The molecule has 164 valence electrons. The minimum atomic E-state index is 0.716. The van der Waals surface area contributed by atoms with Crippen molar-refractivity contribution >= 4 is 33.3 Å². The number of fused-ring (bicyclic) bond motifs is 2. The number of aromatic amines is 1. The third-order valence-corrected chi connectivity index (χ3v) is 7.31. The van der Waals surface area contributed by atoms with Gasteiger partial charge in [0.05, 0.1) is 27.8 Å². The lowest BCUT2D eigenvalue weighted by Gasteiger charge is -2.41. The normalized spacial score (nSPS) is 18.6. The zero-order valence-electron chi connectivity index (χ0n) is 18.4. The number of nitrogens with one attached hydrogen (secondary N) is 1. The number of anilines is 2. The Balaban J connectivity index is 1.24. The first-order chi connectivity index (χ1) is 15.8. The average Bonchev–Trinajstić information content (AvgIpc) is 3.28. The molecule has 2 aliphatic rings. The summed E-state index contributed by atoms with van der Waals surface area (Å²) in [6, 6.07) is 15.3. The molecule has 3 N–H and O–H groups in total. The maximum Gasteiger partial charge on any atom is 0.142 e. The molecule has 32 heavy (non-hydrogen) atoms. The van der Waals surface area contributed by atoms with Gasteiger partial charge in [-0.1, -0.05) is 37.5 Å².